The van der Waals surface area contributed by atoms with E-state index in [1.807, 2.05) is 18.7 Å². The monoisotopic (exact) mass is 283 g/mol. The Morgan fingerprint density at radius 3 is 2.50 bits per heavy atom. The van der Waals surface area contributed by atoms with Gasteiger partial charge in [-0.25, -0.2) is 4.79 Å². The highest BCUT2D eigenvalue weighted by atomic mass is 16.4. The highest BCUT2D eigenvalue weighted by molar-refractivity contribution is 5.80. The zero-order valence-electron chi connectivity index (χ0n) is 12.4. The number of carbonyl (C=O) groups is 2. The third-order valence-electron chi connectivity index (χ3n) is 4.71. The molecule has 114 valence electrons. The number of likely N-dealkylation sites (tertiary alicyclic amines) is 1. The smallest absolute Gasteiger partial charge is 0.320 e. The van der Waals surface area contributed by atoms with Crippen molar-refractivity contribution in [3.8, 4) is 0 Å². The summed E-state index contributed by atoms with van der Waals surface area (Å²) < 4.78 is 0. The summed E-state index contributed by atoms with van der Waals surface area (Å²) in [5.41, 5.74) is -0.778. The minimum Gasteiger partial charge on any atom is -0.481 e. The number of aliphatic carboxylic acids is 1. The van der Waals surface area contributed by atoms with E-state index in [-0.39, 0.29) is 11.9 Å². The maximum Gasteiger partial charge on any atom is 0.320 e. The summed E-state index contributed by atoms with van der Waals surface area (Å²) in [7, 11) is 0. The lowest BCUT2D eigenvalue weighted by molar-refractivity contribution is -0.150. The standard InChI is InChI=1S/C14H25N3O3/c1-11(2)14(12(18)19)4-8-17(10-14)13(20)16-7-3-5-15-6-9-16/h11,15H,3-10H2,1-2H3,(H,18,19). The Kier molecular flexibility index (Phi) is 4.52. The van der Waals surface area contributed by atoms with Crippen molar-refractivity contribution in [2.75, 3.05) is 39.3 Å². The van der Waals surface area contributed by atoms with Crippen LogP contribution in [0.1, 0.15) is 26.7 Å². The molecule has 2 amide bonds. The molecule has 0 aromatic carbocycles. The molecule has 2 saturated heterocycles. The zero-order valence-corrected chi connectivity index (χ0v) is 12.4. The summed E-state index contributed by atoms with van der Waals surface area (Å²) in [6.45, 7) is 7.95. The van der Waals surface area contributed by atoms with Gasteiger partial charge in [-0.05, 0) is 25.3 Å². The Hall–Kier alpha value is -1.30. The highest BCUT2D eigenvalue weighted by Gasteiger charge is 2.49. The molecule has 0 aromatic heterocycles. The van der Waals surface area contributed by atoms with E-state index in [0.29, 0.717) is 26.1 Å². The molecule has 0 aliphatic carbocycles. The van der Waals surface area contributed by atoms with Gasteiger partial charge in [0.2, 0.25) is 0 Å². The summed E-state index contributed by atoms with van der Waals surface area (Å²) in [6.07, 6.45) is 1.51. The van der Waals surface area contributed by atoms with Crippen molar-refractivity contribution in [3.63, 3.8) is 0 Å². The van der Waals surface area contributed by atoms with E-state index >= 15 is 0 Å². The Bertz CT molecular complexity index is 378. The van der Waals surface area contributed by atoms with E-state index in [0.717, 1.165) is 26.1 Å². The van der Waals surface area contributed by atoms with Crippen molar-refractivity contribution < 1.29 is 14.7 Å². The van der Waals surface area contributed by atoms with Crippen LogP contribution in [0.3, 0.4) is 0 Å². The van der Waals surface area contributed by atoms with Gasteiger partial charge in [-0.15, -0.1) is 0 Å². The number of carbonyl (C=O) groups excluding carboxylic acids is 1. The number of amides is 2. The average Bonchev–Trinajstić information content (AvgIpc) is 2.69. The highest BCUT2D eigenvalue weighted by Crippen LogP contribution is 2.38. The second-order valence-corrected chi connectivity index (χ2v) is 6.16. The Morgan fingerprint density at radius 2 is 1.90 bits per heavy atom. The number of nitrogens with one attached hydrogen (secondary N) is 1. The van der Waals surface area contributed by atoms with Crippen LogP contribution in [0.25, 0.3) is 0 Å². The molecule has 0 saturated carbocycles. The lowest BCUT2D eigenvalue weighted by Gasteiger charge is -2.31. The van der Waals surface area contributed by atoms with Crippen LogP contribution in [-0.2, 0) is 4.79 Å². The number of rotatable bonds is 2. The Morgan fingerprint density at radius 1 is 1.15 bits per heavy atom. The Labute approximate surface area is 120 Å². The molecule has 0 radical (unpaired) electrons. The topological polar surface area (TPSA) is 72.9 Å². The van der Waals surface area contributed by atoms with Crippen molar-refractivity contribution in [2.24, 2.45) is 11.3 Å². The maximum absolute atomic E-state index is 12.5. The number of nitrogens with zero attached hydrogens (tertiary/aromatic N) is 2. The third kappa shape index (κ3) is 2.75. The third-order valence-corrected chi connectivity index (χ3v) is 4.71. The number of carboxylic acid groups (broad SMARTS) is 1. The van der Waals surface area contributed by atoms with Crippen molar-refractivity contribution in [3.05, 3.63) is 0 Å². The maximum atomic E-state index is 12.5. The van der Waals surface area contributed by atoms with Crippen LogP contribution in [0.2, 0.25) is 0 Å². The van der Waals surface area contributed by atoms with Crippen LogP contribution >= 0.6 is 0 Å². The molecule has 2 aliphatic heterocycles. The van der Waals surface area contributed by atoms with Gasteiger partial charge in [0.25, 0.3) is 0 Å². The molecule has 0 aromatic rings. The molecule has 20 heavy (non-hydrogen) atoms. The fourth-order valence-corrected chi connectivity index (χ4v) is 3.13. The first-order valence-corrected chi connectivity index (χ1v) is 7.45. The minimum absolute atomic E-state index is 0.00234. The summed E-state index contributed by atoms with van der Waals surface area (Å²) >= 11 is 0. The van der Waals surface area contributed by atoms with Gasteiger partial charge < -0.3 is 20.2 Å². The first kappa shape index (κ1) is 15.1. The van der Waals surface area contributed by atoms with Gasteiger partial charge in [0, 0.05) is 32.7 Å². The predicted octanol–water partition coefficient (Wildman–Crippen LogP) is 0.834. The lowest BCUT2D eigenvalue weighted by Crippen LogP contribution is -2.46. The van der Waals surface area contributed by atoms with E-state index < -0.39 is 11.4 Å². The largest absolute Gasteiger partial charge is 0.481 e. The summed E-state index contributed by atoms with van der Waals surface area (Å²) in [5, 5.41) is 12.8. The summed E-state index contributed by atoms with van der Waals surface area (Å²) in [4.78, 5) is 27.7. The molecule has 6 nitrogen and oxygen atoms in total. The van der Waals surface area contributed by atoms with Gasteiger partial charge in [0.05, 0.1) is 5.41 Å². The molecule has 0 spiro atoms. The SMILES string of the molecule is CC(C)C1(C(=O)O)CCN(C(=O)N2CCCNCC2)C1. The minimum atomic E-state index is -0.778. The number of urea groups is 1. The van der Waals surface area contributed by atoms with E-state index in [1.54, 1.807) is 4.90 Å². The van der Waals surface area contributed by atoms with Crippen LogP contribution in [0.15, 0.2) is 0 Å². The van der Waals surface area contributed by atoms with Crippen molar-refractivity contribution >= 4 is 12.0 Å². The summed E-state index contributed by atoms with van der Waals surface area (Å²) in [5.74, 6) is -0.746. The fourth-order valence-electron chi connectivity index (χ4n) is 3.13. The number of carboxylic acids is 1. The van der Waals surface area contributed by atoms with Crippen LogP contribution in [0.5, 0.6) is 0 Å². The molecule has 0 bridgehead atoms. The number of hydrogen-bond acceptors (Lipinski definition) is 3. The average molecular weight is 283 g/mol. The van der Waals surface area contributed by atoms with Gasteiger partial charge >= 0.3 is 12.0 Å². The van der Waals surface area contributed by atoms with Gasteiger partial charge in [-0.3, -0.25) is 4.79 Å². The lowest BCUT2D eigenvalue weighted by atomic mass is 9.76. The van der Waals surface area contributed by atoms with Crippen LogP contribution < -0.4 is 5.32 Å². The molecule has 2 N–H and O–H groups in total. The van der Waals surface area contributed by atoms with Crippen molar-refractivity contribution in [2.45, 2.75) is 26.7 Å². The van der Waals surface area contributed by atoms with Crippen molar-refractivity contribution in [1.82, 2.24) is 15.1 Å². The molecule has 2 fully saturated rings. The molecule has 2 rings (SSSR count). The van der Waals surface area contributed by atoms with E-state index in [4.69, 9.17) is 0 Å². The quantitative estimate of drug-likeness (QED) is 0.787. The second-order valence-electron chi connectivity index (χ2n) is 6.16. The van der Waals surface area contributed by atoms with Gasteiger partial charge in [0.15, 0.2) is 0 Å². The van der Waals surface area contributed by atoms with E-state index in [9.17, 15) is 14.7 Å². The molecule has 6 heteroatoms. The van der Waals surface area contributed by atoms with Gasteiger partial charge in [0.1, 0.15) is 0 Å². The normalized spacial score (nSPS) is 27.8. The van der Waals surface area contributed by atoms with E-state index in [2.05, 4.69) is 5.32 Å². The van der Waals surface area contributed by atoms with Crippen LogP contribution in [0.4, 0.5) is 4.79 Å². The van der Waals surface area contributed by atoms with E-state index in [1.165, 1.54) is 0 Å². The Balaban J connectivity index is 2.04. The second kappa shape index (κ2) is 5.99. The number of hydrogen-bond donors (Lipinski definition) is 2. The zero-order chi connectivity index (χ0) is 14.8. The molecular formula is C14H25N3O3. The van der Waals surface area contributed by atoms with Gasteiger partial charge in [-0.2, -0.15) is 0 Å². The first-order valence-electron chi connectivity index (χ1n) is 7.45. The first-order chi connectivity index (χ1) is 9.47. The van der Waals surface area contributed by atoms with Crippen LogP contribution in [0, 0.1) is 11.3 Å². The predicted molar refractivity (Wildman–Crippen MR) is 75.6 cm³/mol. The molecule has 2 aliphatic rings. The van der Waals surface area contributed by atoms with Crippen molar-refractivity contribution in [1.29, 1.82) is 0 Å². The summed E-state index contributed by atoms with van der Waals surface area (Å²) in [6, 6.07) is -0.00234. The van der Waals surface area contributed by atoms with Gasteiger partial charge in [-0.1, -0.05) is 13.8 Å². The molecular weight excluding hydrogens is 258 g/mol. The fraction of sp³-hybridized carbons (Fsp3) is 0.857. The molecule has 1 unspecified atom stereocenters. The molecule has 1 atom stereocenters. The van der Waals surface area contributed by atoms with Crippen LogP contribution in [-0.4, -0.2) is 66.2 Å². The molecule has 2 heterocycles.